The second-order valence-corrected chi connectivity index (χ2v) is 4.62. The number of hydrogen-bond donors (Lipinski definition) is 1. The number of likely N-dealkylation sites (tertiary alicyclic amines) is 1. The predicted octanol–water partition coefficient (Wildman–Crippen LogP) is 0.554. The molecule has 2 aliphatic heterocycles. The summed E-state index contributed by atoms with van der Waals surface area (Å²) in [5.74, 6) is 0.814. The van der Waals surface area contributed by atoms with E-state index in [0.717, 1.165) is 32.7 Å². The predicted molar refractivity (Wildman–Crippen MR) is 52.9 cm³/mol. The lowest BCUT2D eigenvalue weighted by atomic mass is 10.1. The normalized spacial score (nSPS) is 34.5. The van der Waals surface area contributed by atoms with Gasteiger partial charge in [0.25, 0.3) is 0 Å². The van der Waals surface area contributed by atoms with Gasteiger partial charge < -0.3 is 9.64 Å². The first kappa shape index (κ1) is 9.34. The van der Waals surface area contributed by atoms with Gasteiger partial charge in [-0.1, -0.05) is 0 Å². The summed E-state index contributed by atoms with van der Waals surface area (Å²) in [4.78, 5) is 13.3. The maximum absolute atomic E-state index is 11.4. The Labute approximate surface area is 83.8 Å². The van der Waals surface area contributed by atoms with E-state index in [1.807, 2.05) is 4.90 Å². The minimum Gasteiger partial charge on any atom is -0.381 e. The lowest BCUT2D eigenvalue weighted by Gasteiger charge is -2.19. The van der Waals surface area contributed by atoms with E-state index < -0.39 is 0 Å². The van der Waals surface area contributed by atoms with Crippen LogP contribution in [0.1, 0.15) is 12.8 Å². The van der Waals surface area contributed by atoms with Crippen LogP contribution in [0, 0.1) is 5.92 Å². The van der Waals surface area contributed by atoms with Gasteiger partial charge in [0.15, 0.2) is 0 Å². The van der Waals surface area contributed by atoms with Gasteiger partial charge in [0.1, 0.15) is 0 Å². The molecule has 2 unspecified atom stereocenters. The number of rotatable bonds is 2. The molecule has 0 N–H and O–H groups in total. The molecule has 0 aromatic carbocycles. The largest absolute Gasteiger partial charge is 0.381 e. The van der Waals surface area contributed by atoms with Crippen LogP contribution in [0.25, 0.3) is 0 Å². The van der Waals surface area contributed by atoms with Crippen LogP contribution in [0.5, 0.6) is 0 Å². The Kier molecular flexibility index (Phi) is 2.79. The zero-order valence-electron chi connectivity index (χ0n) is 7.61. The summed E-state index contributed by atoms with van der Waals surface area (Å²) >= 11 is 4.31. The monoisotopic (exact) mass is 201 g/mol. The molecule has 2 atom stereocenters. The third-order valence-corrected chi connectivity index (χ3v) is 3.04. The van der Waals surface area contributed by atoms with Crippen LogP contribution >= 0.6 is 12.6 Å². The van der Waals surface area contributed by atoms with Crippen molar-refractivity contribution in [3.8, 4) is 0 Å². The third-order valence-electron chi connectivity index (χ3n) is 2.70. The minimum atomic E-state index is 0.245. The van der Waals surface area contributed by atoms with E-state index in [4.69, 9.17) is 4.74 Å². The molecule has 74 valence electrons. The van der Waals surface area contributed by atoms with E-state index in [0.29, 0.717) is 12.3 Å². The van der Waals surface area contributed by atoms with Crippen LogP contribution in [0.15, 0.2) is 0 Å². The van der Waals surface area contributed by atoms with Crippen molar-refractivity contribution in [1.29, 1.82) is 0 Å². The van der Waals surface area contributed by atoms with Crippen molar-refractivity contribution in [2.24, 2.45) is 5.92 Å². The van der Waals surface area contributed by atoms with Gasteiger partial charge in [-0.2, -0.15) is 12.6 Å². The van der Waals surface area contributed by atoms with Gasteiger partial charge >= 0.3 is 0 Å². The first-order valence-corrected chi connectivity index (χ1v) is 5.31. The highest BCUT2D eigenvalue weighted by Gasteiger charge is 2.29. The summed E-state index contributed by atoms with van der Waals surface area (Å²) in [6.07, 6.45) is 1.71. The molecule has 0 radical (unpaired) electrons. The van der Waals surface area contributed by atoms with Crippen LogP contribution in [0.4, 0.5) is 0 Å². The van der Waals surface area contributed by atoms with E-state index in [1.165, 1.54) is 0 Å². The molecular formula is C9H15NO2S. The van der Waals surface area contributed by atoms with Crippen molar-refractivity contribution in [2.75, 3.05) is 26.3 Å². The molecule has 0 aliphatic carbocycles. The molecule has 0 spiro atoms. The molecule has 0 aromatic rings. The highest BCUT2D eigenvalue weighted by molar-refractivity contribution is 7.81. The number of thiol groups is 1. The molecule has 2 heterocycles. The smallest absolute Gasteiger partial charge is 0.223 e. The van der Waals surface area contributed by atoms with Gasteiger partial charge in [0, 0.05) is 37.3 Å². The fraction of sp³-hybridized carbons (Fsp3) is 0.889. The van der Waals surface area contributed by atoms with E-state index in [9.17, 15) is 4.79 Å². The number of amides is 1. The van der Waals surface area contributed by atoms with E-state index >= 15 is 0 Å². The van der Waals surface area contributed by atoms with E-state index in [2.05, 4.69) is 12.6 Å². The Morgan fingerprint density at radius 1 is 1.62 bits per heavy atom. The van der Waals surface area contributed by atoms with Gasteiger partial charge in [-0.3, -0.25) is 4.79 Å². The van der Waals surface area contributed by atoms with Gasteiger partial charge in [-0.05, 0) is 6.42 Å². The second kappa shape index (κ2) is 3.88. The van der Waals surface area contributed by atoms with Crippen LogP contribution in [0.3, 0.4) is 0 Å². The van der Waals surface area contributed by atoms with Crippen molar-refractivity contribution >= 4 is 18.5 Å². The Hall–Kier alpha value is -0.220. The summed E-state index contributed by atoms with van der Waals surface area (Å²) < 4.78 is 5.27. The summed E-state index contributed by atoms with van der Waals surface area (Å²) in [5.41, 5.74) is 0. The maximum Gasteiger partial charge on any atom is 0.223 e. The Bertz CT molecular complexity index is 204. The summed E-state index contributed by atoms with van der Waals surface area (Å²) in [6.45, 7) is 3.37. The van der Waals surface area contributed by atoms with Gasteiger partial charge in [0.05, 0.1) is 6.61 Å². The number of nitrogens with zero attached hydrogens (tertiary/aromatic N) is 1. The lowest BCUT2D eigenvalue weighted by molar-refractivity contribution is -0.128. The van der Waals surface area contributed by atoms with Crippen molar-refractivity contribution in [1.82, 2.24) is 4.90 Å². The van der Waals surface area contributed by atoms with Crippen LogP contribution in [-0.4, -0.2) is 42.4 Å². The molecule has 3 nitrogen and oxygen atoms in total. The first-order chi connectivity index (χ1) is 6.25. The zero-order chi connectivity index (χ0) is 9.26. The first-order valence-electron chi connectivity index (χ1n) is 4.79. The Morgan fingerprint density at radius 3 is 3.00 bits per heavy atom. The van der Waals surface area contributed by atoms with Crippen molar-refractivity contribution < 1.29 is 9.53 Å². The summed E-state index contributed by atoms with van der Waals surface area (Å²) in [7, 11) is 0. The maximum atomic E-state index is 11.4. The summed E-state index contributed by atoms with van der Waals surface area (Å²) in [6, 6.07) is 0. The van der Waals surface area contributed by atoms with Crippen LogP contribution in [0.2, 0.25) is 0 Å². The highest BCUT2D eigenvalue weighted by atomic mass is 32.1. The molecule has 2 fully saturated rings. The molecular weight excluding hydrogens is 186 g/mol. The molecule has 2 rings (SSSR count). The van der Waals surface area contributed by atoms with E-state index in [1.54, 1.807) is 0 Å². The standard InChI is InChI=1S/C9H15NO2S/c11-9-3-8(13)5-10(9)4-7-1-2-12-6-7/h7-8,13H,1-6H2. The van der Waals surface area contributed by atoms with Crippen molar-refractivity contribution in [3.05, 3.63) is 0 Å². The van der Waals surface area contributed by atoms with E-state index in [-0.39, 0.29) is 11.2 Å². The third kappa shape index (κ3) is 2.17. The van der Waals surface area contributed by atoms with Crippen molar-refractivity contribution in [3.63, 3.8) is 0 Å². The molecule has 0 saturated carbocycles. The second-order valence-electron chi connectivity index (χ2n) is 3.89. The Morgan fingerprint density at radius 2 is 2.46 bits per heavy atom. The van der Waals surface area contributed by atoms with Gasteiger partial charge in [-0.15, -0.1) is 0 Å². The van der Waals surface area contributed by atoms with Gasteiger partial charge in [-0.25, -0.2) is 0 Å². The van der Waals surface area contributed by atoms with Crippen LogP contribution in [-0.2, 0) is 9.53 Å². The number of ether oxygens (including phenoxy) is 1. The number of hydrogen-bond acceptors (Lipinski definition) is 3. The molecule has 1 amide bonds. The fourth-order valence-corrected chi connectivity index (χ4v) is 2.32. The zero-order valence-corrected chi connectivity index (χ0v) is 8.50. The highest BCUT2D eigenvalue weighted by Crippen LogP contribution is 2.20. The lowest BCUT2D eigenvalue weighted by Crippen LogP contribution is -2.31. The Balaban J connectivity index is 1.83. The average molecular weight is 201 g/mol. The fourth-order valence-electron chi connectivity index (χ4n) is 1.97. The molecule has 0 aromatic heterocycles. The minimum absolute atomic E-state index is 0.245. The topological polar surface area (TPSA) is 29.5 Å². The molecule has 13 heavy (non-hydrogen) atoms. The molecule has 2 aliphatic rings. The molecule has 2 saturated heterocycles. The van der Waals surface area contributed by atoms with Crippen LogP contribution < -0.4 is 0 Å². The average Bonchev–Trinajstić information content (AvgIpc) is 2.63. The SMILES string of the molecule is O=C1CC(S)CN1CC1CCOC1. The molecule has 0 bridgehead atoms. The quantitative estimate of drug-likeness (QED) is 0.661. The number of carbonyl (C=O) groups is 1. The van der Waals surface area contributed by atoms with Crippen molar-refractivity contribution in [2.45, 2.75) is 18.1 Å². The number of carbonyl (C=O) groups excluding carboxylic acids is 1. The summed E-state index contributed by atoms with van der Waals surface area (Å²) in [5, 5.41) is 0.245. The molecule has 4 heteroatoms. The van der Waals surface area contributed by atoms with Gasteiger partial charge in [0.2, 0.25) is 5.91 Å².